The largest absolute Gasteiger partial charge is 0.497 e. The zero-order valence-electron chi connectivity index (χ0n) is 12.6. The Morgan fingerprint density at radius 2 is 2.30 bits per heavy atom. The molecule has 0 radical (unpaired) electrons. The Morgan fingerprint density at radius 3 is 3.05 bits per heavy atom. The quantitative estimate of drug-likeness (QED) is 0.790. The summed E-state index contributed by atoms with van der Waals surface area (Å²) in [6, 6.07) is 6.54. The SMILES string of the molecule is CCCN1CC=C[C@]2(C)c3cc(OC)ccc3OC[C@@H]12. The molecule has 2 atom stereocenters. The van der Waals surface area contributed by atoms with Gasteiger partial charge in [-0.05, 0) is 31.2 Å². The second kappa shape index (κ2) is 5.13. The van der Waals surface area contributed by atoms with Crippen LogP contribution in [0.1, 0.15) is 25.8 Å². The molecule has 3 nitrogen and oxygen atoms in total. The molecule has 2 aliphatic heterocycles. The van der Waals surface area contributed by atoms with Crippen molar-refractivity contribution in [3.05, 3.63) is 35.9 Å². The van der Waals surface area contributed by atoms with Crippen molar-refractivity contribution >= 4 is 0 Å². The highest BCUT2D eigenvalue weighted by Crippen LogP contribution is 2.44. The lowest BCUT2D eigenvalue weighted by Gasteiger charge is -2.48. The van der Waals surface area contributed by atoms with Gasteiger partial charge in [-0.2, -0.15) is 0 Å². The minimum atomic E-state index is 0.00947. The molecule has 2 heterocycles. The van der Waals surface area contributed by atoms with Gasteiger partial charge in [0.05, 0.1) is 13.2 Å². The van der Waals surface area contributed by atoms with Crippen molar-refractivity contribution in [2.75, 3.05) is 26.8 Å². The molecule has 0 N–H and O–H groups in total. The molecule has 0 bridgehead atoms. The number of hydrogen-bond acceptors (Lipinski definition) is 3. The van der Waals surface area contributed by atoms with Crippen molar-refractivity contribution in [2.45, 2.75) is 31.7 Å². The molecular formula is C17H23NO2. The zero-order valence-corrected chi connectivity index (χ0v) is 12.6. The summed E-state index contributed by atoms with van der Waals surface area (Å²) < 4.78 is 11.4. The van der Waals surface area contributed by atoms with Crippen LogP contribution >= 0.6 is 0 Å². The van der Waals surface area contributed by atoms with Gasteiger partial charge in [0, 0.05) is 17.5 Å². The Hall–Kier alpha value is -1.48. The van der Waals surface area contributed by atoms with Crippen LogP contribution in [0.4, 0.5) is 0 Å². The van der Waals surface area contributed by atoms with Gasteiger partial charge in [-0.15, -0.1) is 0 Å². The van der Waals surface area contributed by atoms with E-state index in [0.29, 0.717) is 6.04 Å². The molecule has 1 aromatic carbocycles. The van der Waals surface area contributed by atoms with Crippen LogP contribution < -0.4 is 9.47 Å². The Labute approximate surface area is 121 Å². The molecule has 0 aromatic heterocycles. The number of methoxy groups -OCH3 is 1. The number of fused-ring (bicyclic) bond motifs is 3. The van der Waals surface area contributed by atoms with E-state index in [9.17, 15) is 0 Å². The minimum Gasteiger partial charge on any atom is -0.497 e. The van der Waals surface area contributed by atoms with E-state index in [-0.39, 0.29) is 5.41 Å². The van der Waals surface area contributed by atoms with Crippen molar-refractivity contribution < 1.29 is 9.47 Å². The Balaban J connectivity index is 2.04. The Bertz CT molecular complexity index is 526. The van der Waals surface area contributed by atoms with E-state index < -0.39 is 0 Å². The van der Waals surface area contributed by atoms with E-state index in [1.54, 1.807) is 7.11 Å². The lowest BCUT2D eigenvalue weighted by Crippen LogP contribution is -2.56. The van der Waals surface area contributed by atoms with E-state index in [0.717, 1.165) is 31.2 Å². The standard InChI is InChI=1S/C17H23NO2/c1-4-9-18-10-5-8-17(2)14-11-13(19-3)6-7-15(14)20-12-16(17)18/h5-8,11,16H,4,9-10,12H2,1-3H3/t16-,17-/m1/s1. The summed E-state index contributed by atoms with van der Waals surface area (Å²) in [5.41, 5.74) is 1.25. The van der Waals surface area contributed by atoms with Crippen molar-refractivity contribution in [2.24, 2.45) is 0 Å². The predicted octanol–water partition coefficient (Wildman–Crippen LogP) is 3.00. The molecule has 0 spiro atoms. The maximum absolute atomic E-state index is 6.00. The number of ether oxygens (including phenoxy) is 2. The predicted molar refractivity (Wildman–Crippen MR) is 80.6 cm³/mol. The summed E-state index contributed by atoms with van der Waals surface area (Å²) in [5, 5.41) is 0. The van der Waals surface area contributed by atoms with Gasteiger partial charge in [-0.25, -0.2) is 0 Å². The first-order valence-electron chi connectivity index (χ1n) is 7.42. The molecular weight excluding hydrogens is 250 g/mol. The second-order valence-electron chi connectivity index (χ2n) is 5.87. The molecule has 0 amide bonds. The first kappa shape index (κ1) is 13.5. The fraction of sp³-hybridized carbons (Fsp3) is 0.529. The van der Waals surface area contributed by atoms with Gasteiger partial charge in [0.1, 0.15) is 18.1 Å². The van der Waals surface area contributed by atoms with Crippen LogP contribution in [-0.2, 0) is 5.41 Å². The normalized spacial score (nSPS) is 28.4. The molecule has 0 fully saturated rings. The van der Waals surface area contributed by atoms with Crippen molar-refractivity contribution in [1.29, 1.82) is 0 Å². The molecule has 2 aliphatic rings. The van der Waals surface area contributed by atoms with Crippen LogP contribution in [0.15, 0.2) is 30.4 Å². The third kappa shape index (κ3) is 2.01. The van der Waals surface area contributed by atoms with E-state index in [4.69, 9.17) is 9.47 Å². The highest BCUT2D eigenvalue weighted by molar-refractivity contribution is 5.50. The maximum atomic E-state index is 6.00. The van der Waals surface area contributed by atoms with Gasteiger partial charge in [0.15, 0.2) is 0 Å². The van der Waals surface area contributed by atoms with E-state index >= 15 is 0 Å². The molecule has 3 heteroatoms. The molecule has 0 aliphatic carbocycles. The highest BCUT2D eigenvalue weighted by atomic mass is 16.5. The van der Waals surface area contributed by atoms with E-state index in [2.05, 4.69) is 37.0 Å². The van der Waals surface area contributed by atoms with Crippen molar-refractivity contribution in [3.8, 4) is 11.5 Å². The minimum absolute atomic E-state index is 0.00947. The summed E-state index contributed by atoms with van der Waals surface area (Å²) in [6.07, 6.45) is 5.82. The van der Waals surface area contributed by atoms with Gasteiger partial charge in [-0.3, -0.25) is 4.90 Å². The Morgan fingerprint density at radius 1 is 1.45 bits per heavy atom. The fourth-order valence-electron chi connectivity index (χ4n) is 3.48. The lowest BCUT2D eigenvalue weighted by molar-refractivity contribution is 0.0758. The smallest absolute Gasteiger partial charge is 0.123 e. The molecule has 1 aromatic rings. The maximum Gasteiger partial charge on any atom is 0.123 e. The number of benzene rings is 1. The summed E-state index contributed by atoms with van der Waals surface area (Å²) in [5.74, 6) is 1.89. The van der Waals surface area contributed by atoms with Crippen LogP contribution in [0.3, 0.4) is 0 Å². The van der Waals surface area contributed by atoms with Gasteiger partial charge >= 0.3 is 0 Å². The number of nitrogens with zero attached hydrogens (tertiary/aromatic N) is 1. The summed E-state index contributed by atoms with van der Waals surface area (Å²) in [6.45, 7) is 7.46. The van der Waals surface area contributed by atoms with Gasteiger partial charge in [-0.1, -0.05) is 26.0 Å². The summed E-state index contributed by atoms with van der Waals surface area (Å²) >= 11 is 0. The number of hydrogen-bond donors (Lipinski definition) is 0. The third-order valence-corrected chi connectivity index (χ3v) is 4.61. The van der Waals surface area contributed by atoms with Crippen LogP contribution in [0.2, 0.25) is 0 Å². The zero-order chi connectivity index (χ0) is 14.2. The first-order valence-corrected chi connectivity index (χ1v) is 7.42. The molecule has 108 valence electrons. The van der Waals surface area contributed by atoms with Crippen molar-refractivity contribution in [1.82, 2.24) is 4.90 Å². The van der Waals surface area contributed by atoms with Crippen molar-refractivity contribution in [3.63, 3.8) is 0 Å². The first-order chi connectivity index (χ1) is 9.69. The Kier molecular flexibility index (Phi) is 3.47. The topological polar surface area (TPSA) is 21.7 Å². The fourth-order valence-corrected chi connectivity index (χ4v) is 3.48. The number of rotatable bonds is 3. The average Bonchev–Trinajstić information content (AvgIpc) is 2.47. The highest BCUT2D eigenvalue weighted by Gasteiger charge is 2.44. The monoisotopic (exact) mass is 273 g/mol. The molecule has 20 heavy (non-hydrogen) atoms. The molecule has 3 rings (SSSR count). The van der Waals surface area contributed by atoms with Crippen LogP contribution in [0.25, 0.3) is 0 Å². The average molecular weight is 273 g/mol. The summed E-state index contributed by atoms with van der Waals surface area (Å²) in [4.78, 5) is 2.53. The van der Waals surface area contributed by atoms with E-state index in [1.165, 1.54) is 12.0 Å². The van der Waals surface area contributed by atoms with Gasteiger partial charge in [0.25, 0.3) is 0 Å². The molecule has 0 saturated carbocycles. The van der Waals surface area contributed by atoms with E-state index in [1.807, 2.05) is 12.1 Å². The molecule has 0 unspecified atom stereocenters. The molecule has 0 saturated heterocycles. The summed E-state index contributed by atoms with van der Waals surface area (Å²) in [7, 11) is 1.71. The van der Waals surface area contributed by atoms with Crippen LogP contribution in [-0.4, -0.2) is 37.7 Å². The second-order valence-corrected chi connectivity index (χ2v) is 5.87. The van der Waals surface area contributed by atoms with Crippen LogP contribution in [0, 0.1) is 0 Å². The van der Waals surface area contributed by atoms with Crippen LogP contribution in [0.5, 0.6) is 11.5 Å². The lowest BCUT2D eigenvalue weighted by atomic mass is 9.71. The van der Waals surface area contributed by atoms with Gasteiger partial charge < -0.3 is 9.47 Å². The van der Waals surface area contributed by atoms with Gasteiger partial charge in [0.2, 0.25) is 0 Å². The third-order valence-electron chi connectivity index (χ3n) is 4.61.